The monoisotopic (exact) mass is 339 g/mol. The number of carbonyl (C=O) groups is 1. The number of hydrogen-bond acceptors (Lipinski definition) is 4. The van der Waals surface area contributed by atoms with Gasteiger partial charge >= 0.3 is 0 Å². The van der Waals surface area contributed by atoms with Gasteiger partial charge in [-0.05, 0) is 44.0 Å². The Labute approximate surface area is 138 Å². The smallest absolute Gasteiger partial charge is 0.254 e. The molecule has 1 atom stereocenters. The van der Waals surface area contributed by atoms with E-state index in [-0.39, 0.29) is 23.5 Å². The van der Waals surface area contributed by atoms with Crippen LogP contribution in [-0.2, 0) is 9.84 Å². The summed E-state index contributed by atoms with van der Waals surface area (Å²) in [6.45, 7) is 5.16. The van der Waals surface area contributed by atoms with Gasteiger partial charge in [0.2, 0.25) is 0 Å². The van der Waals surface area contributed by atoms with Gasteiger partial charge in [0, 0.05) is 18.2 Å². The second-order valence-electron chi connectivity index (χ2n) is 5.87. The fourth-order valence-electron chi connectivity index (χ4n) is 2.78. The second-order valence-corrected chi connectivity index (χ2v) is 8.10. The number of unbranched alkanes of at least 4 members (excludes halogenated alkanes) is 1. The van der Waals surface area contributed by atoms with E-state index in [0.717, 1.165) is 18.6 Å². The number of sulfone groups is 1. The lowest BCUT2D eigenvalue weighted by molar-refractivity contribution is 0.0708. The van der Waals surface area contributed by atoms with Gasteiger partial charge in [-0.25, -0.2) is 8.42 Å². The van der Waals surface area contributed by atoms with Crippen molar-refractivity contribution in [2.75, 3.05) is 24.7 Å². The van der Waals surface area contributed by atoms with Crippen molar-refractivity contribution in [1.29, 1.82) is 0 Å². The number of amides is 1. The molecule has 0 aliphatic carbocycles. The molecular weight excluding hydrogens is 314 g/mol. The molecule has 1 aliphatic heterocycles. The molecule has 1 fully saturated rings. The lowest BCUT2D eigenvalue weighted by Crippen LogP contribution is -2.40. The van der Waals surface area contributed by atoms with Crippen LogP contribution >= 0.6 is 0 Å². The van der Waals surface area contributed by atoms with Gasteiger partial charge in [-0.15, -0.1) is 0 Å². The molecule has 1 aliphatic rings. The third-order valence-electron chi connectivity index (χ3n) is 4.12. The maximum atomic E-state index is 12.6. The molecule has 0 spiro atoms. The van der Waals surface area contributed by atoms with E-state index >= 15 is 0 Å². The Hall–Kier alpha value is -1.56. The summed E-state index contributed by atoms with van der Waals surface area (Å²) in [6.07, 6.45) is 2.60. The summed E-state index contributed by atoms with van der Waals surface area (Å²) in [4.78, 5) is 14.3. The Kier molecular flexibility index (Phi) is 6.04. The molecular formula is C17H25NO4S. The number of ether oxygens (including phenoxy) is 1. The third kappa shape index (κ3) is 4.70. The minimum Gasteiger partial charge on any atom is -0.494 e. The SMILES string of the molecule is CCCCOc1ccc(C(=O)N(CC)C2CCS(=O)(=O)C2)cc1. The maximum Gasteiger partial charge on any atom is 0.254 e. The van der Waals surface area contributed by atoms with Gasteiger partial charge in [-0.1, -0.05) is 13.3 Å². The summed E-state index contributed by atoms with van der Waals surface area (Å²) in [5.41, 5.74) is 0.569. The summed E-state index contributed by atoms with van der Waals surface area (Å²) >= 11 is 0. The summed E-state index contributed by atoms with van der Waals surface area (Å²) in [6, 6.07) is 6.87. The van der Waals surface area contributed by atoms with Gasteiger partial charge in [0.15, 0.2) is 9.84 Å². The molecule has 1 amide bonds. The van der Waals surface area contributed by atoms with E-state index in [1.807, 2.05) is 6.92 Å². The molecule has 128 valence electrons. The lowest BCUT2D eigenvalue weighted by atomic mass is 10.1. The first-order chi connectivity index (χ1) is 11.0. The van der Waals surface area contributed by atoms with Crippen molar-refractivity contribution in [3.8, 4) is 5.75 Å². The van der Waals surface area contributed by atoms with Gasteiger partial charge in [-0.2, -0.15) is 0 Å². The van der Waals surface area contributed by atoms with Crippen molar-refractivity contribution in [2.45, 2.75) is 39.2 Å². The molecule has 5 nitrogen and oxygen atoms in total. The number of carbonyl (C=O) groups excluding carboxylic acids is 1. The molecule has 6 heteroatoms. The predicted octanol–water partition coefficient (Wildman–Crippen LogP) is 2.51. The van der Waals surface area contributed by atoms with Crippen LogP contribution in [0.3, 0.4) is 0 Å². The highest BCUT2D eigenvalue weighted by Gasteiger charge is 2.34. The molecule has 0 N–H and O–H groups in total. The van der Waals surface area contributed by atoms with Crippen molar-refractivity contribution in [2.24, 2.45) is 0 Å². The van der Waals surface area contributed by atoms with Crippen molar-refractivity contribution in [3.05, 3.63) is 29.8 Å². The summed E-state index contributed by atoms with van der Waals surface area (Å²) in [5.74, 6) is 0.882. The van der Waals surface area contributed by atoms with E-state index in [2.05, 4.69) is 6.92 Å². The first-order valence-corrected chi connectivity index (χ1v) is 10.0. The lowest BCUT2D eigenvalue weighted by Gasteiger charge is -2.27. The van der Waals surface area contributed by atoms with E-state index in [9.17, 15) is 13.2 Å². The summed E-state index contributed by atoms with van der Waals surface area (Å²) in [7, 11) is -3.00. The Bertz CT molecular complexity index is 624. The largest absolute Gasteiger partial charge is 0.494 e. The average Bonchev–Trinajstić information content (AvgIpc) is 2.89. The molecule has 0 radical (unpaired) electrons. The number of rotatable bonds is 7. The molecule has 1 saturated heterocycles. The van der Waals surface area contributed by atoms with Crippen molar-refractivity contribution < 1.29 is 17.9 Å². The zero-order valence-corrected chi connectivity index (χ0v) is 14.6. The molecule has 1 unspecified atom stereocenters. The Morgan fingerprint density at radius 2 is 1.96 bits per heavy atom. The fraction of sp³-hybridized carbons (Fsp3) is 0.588. The highest BCUT2D eigenvalue weighted by Crippen LogP contribution is 2.21. The normalized spacial score (nSPS) is 19.5. The van der Waals surface area contributed by atoms with Crippen LogP contribution in [0.4, 0.5) is 0 Å². The highest BCUT2D eigenvalue weighted by atomic mass is 32.2. The van der Waals surface area contributed by atoms with Gasteiger partial charge in [0.25, 0.3) is 5.91 Å². The van der Waals surface area contributed by atoms with Crippen molar-refractivity contribution in [3.63, 3.8) is 0 Å². The second kappa shape index (κ2) is 7.81. The molecule has 0 saturated carbocycles. The van der Waals surface area contributed by atoms with Crippen LogP contribution in [0.2, 0.25) is 0 Å². The van der Waals surface area contributed by atoms with Gasteiger partial charge < -0.3 is 9.64 Å². The maximum absolute atomic E-state index is 12.6. The molecule has 1 heterocycles. The molecule has 0 aromatic heterocycles. The van der Waals surface area contributed by atoms with E-state index < -0.39 is 9.84 Å². The Morgan fingerprint density at radius 1 is 1.26 bits per heavy atom. The van der Waals surface area contributed by atoms with E-state index in [1.54, 1.807) is 29.2 Å². The zero-order valence-electron chi connectivity index (χ0n) is 13.8. The number of benzene rings is 1. The zero-order chi connectivity index (χ0) is 16.9. The Balaban J connectivity index is 2.03. The van der Waals surface area contributed by atoms with Crippen LogP contribution in [0.5, 0.6) is 5.75 Å². The fourth-order valence-corrected chi connectivity index (χ4v) is 4.51. The van der Waals surface area contributed by atoms with Gasteiger partial charge in [0.05, 0.1) is 18.1 Å². The van der Waals surface area contributed by atoms with Crippen LogP contribution in [-0.4, -0.2) is 49.9 Å². The van der Waals surface area contributed by atoms with Crippen LogP contribution in [0, 0.1) is 0 Å². The summed E-state index contributed by atoms with van der Waals surface area (Å²) < 4.78 is 28.9. The molecule has 1 aromatic carbocycles. The molecule has 2 rings (SSSR count). The van der Waals surface area contributed by atoms with Crippen LogP contribution in [0.25, 0.3) is 0 Å². The van der Waals surface area contributed by atoms with Crippen molar-refractivity contribution >= 4 is 15.7 Å². The first kappa shape index (κ1) is 17.8. The quantitative estimate of drug-likeness (QED) is 0.716. The number of hydrogen-bond donors (Lipinski definition) is 0. The van der Waals surface area contributed by atoms with E-state index in [1.165, 1.54) is 0 Å². The molecule has 0 bridgehead atoms. The van der Waals surface area contributed by atoms with Gasteiger partial charge in [-0.3, -0.25) is 4.79 Å². The average molecular weight is 339 g/mol. The highest BCUT2D eigenvalue weighted by molar-refractivity contribution is 7.91. The Morgan fingerprint density at radius 3 is 2.48 bits per heavy atom. The predicted molar refractivity (Wildman–Crippen MR) is 90.6 cm³/mol. The topological polar surface area (TPSA) is 63.7 Å². The number of nitrogens with zero attached hydrogens (tertiary/aromatic N) is 1. The minimum atomic E-state index is -3.00. The first-order valence-electron chi connectivity index (χ1n) is 8.21. The van der Waals surface area contributed by atoms with Crippen molar-refractivity contribution in [1.82, 2.24) is 4.90 Å². The summed E-state index contributed by atoms with van der Waals surface area (Å²) in [5, 5.41) is 0. The van der Waals surface area contributed by atoms with Gasteiger partial charge in [0.1, 0.15) is 5.75 Å². The molecule has 23 heavy (non-hydrogen) atoms. The third-order valence-corrected chi connectivity index (χ3v) is 5.87. The van der Waals surface area contributed by atoms with Crippen LogP contribution in [0.15, 0.2) is 24.3 Å². The van der Waals surface area contributed by atoms with Crippen LogP contribution in [0.1, 0.15) is 43.5 Å². The van der Waals surface area contributed by atoms with E-state index in [4.69, 9.17) is 4.74 Å². The van der Waals surface area contributed by atoms with Crippen LogP contribution < -0.4 is 4.74 Å². The standard InChI is InChI=1S/C17H25NO4S/c1-3-5-11-22-16-8-6-14(7-9-16)17(19)18(4-2)15-10-12-23(20,21)13-15/h6-9,15H,3-5,10-13H2,1-2H3. The molecule has 1 aromatic rings. The minimum absolute atomic E-state index is 0.0742. The van der Waals surface area contributed by atoms with E-state index in [0.29, 0.717) is 25.1 Å².